The van der Waals surface area contributed by atoms with Gasteiger partial charge in [-0.05, 0) is 56.2 Å². The highest BCUT2D eigenvalue weighted by Gasteiger charge is 2.47. The second-order valence-corrected chi connectivity index (χ2v) is 9.67. The molecule has 0 saturated carbocycles. The van der Waals surface area contributed by atoms with Gasteiger partial charge in [-0.15, -0.1) is 0 Å². The quantitative estimate of drug-likeness (QED) is 0.792. The van der Waals surface area contributed by atoms with E-state index >= 15 is 0 Å². The van der Waals surface area contributed by atoms with E-state index in [-0.39, 0.29) is 23.3 Å². The standard InChI is InChI=1S/C22H27N3O4S/c1-5-24-14-15-25(22(3,4)21(24)27)30(28,29)20-12-8-18(9-13-20)17-6-10-19(11-7-17)23-16(2)26/h6-13H,5,14-15H2,1-4H3,(H,23,26). The van der Waals surface area contributed by atoms with E-state index in [1.54, 1.807) is 55.1 Å². The van der Waals surface area contributed by atoms with Crippen molar-refractivity contribution in [2.24, 2.45) is 0 Å². The van der Waals surface area contributed by atoms with Crippen molar-refractivity contribution in [3.8, 4) is 11.1 Å². The van der Waals surface area contributed by atoms with E-state index in [4.69, 9.17) is 0 Å². The molecular weight excluding hydrogens is 402 g/mol. The maximum absolute atomic E-state index is 13.3. The Morgan fingerprint density at radius 2 is 1.53 bits per heavy atom. The van der Waals surface area contributed by atoms with E-state index in [0.717, 1.165) is 11.1 Å². The van der Waals surface area contributed by atoms with Crippen LogP contribution in [0.2, 0.25) is 0 Å². The van der Waals surface area contributed by atoms with Gasteiger partial charge in [0.2, 0.25) is 21.8 Å². The molecule has 1 fully saturated rings. The predicted molar refractivity (Wildman–Crippen MR) is 116 cm³/mol. The molecule has 1 saturated heterocycles. The highest BCUT2D eigenvalue weighted by Crippen LogP contribution is 2.30. The largest absolute Gasteiger partial charge is 0.340 e. The summed E-state index contributed by atoms with van der Waals surface area (Å²) in [5, 5.41) is 2.71. The molecular formula is C22H27N3O4S. The minimum atomic E-state index is -3.82. The van der Waals surface area contributed by atoms with Gasteiger partial charge in [0.25, 0.3) is 0 Å². The third-order valence-electron chi connectivity index (χ3n) is 5.37. The molecule has 1 aliphatic rings. The van der Waals surface area contributed by atoms with Crippen molar-refractivity contribution in [3.05, 3.63) is 48.5 Å². The van der Waals surface area contributed by atoms with Crippen LogP contribution in [0.5, 0.6) is 0 Å². The van der Waals surface area contributed by atoms with Gasteiger partial charge in [-0.3, -0.25) is 9.59 Å². The summed E-state index contributed by atoms with van der Waals surface area (Å²) in [5.74, 6) is -0.325. The molecule has 0 spiro atoms. The van der Waals surface area contributed by atoms with E-state index in [2.05, 4.69) is 5.32 Å². The smallest absolute Gasteiger partial charge is 0.244 e. The number of benzene rings is 2. The lowest BCUT2D eigenvalue weighted by Gasteiger charge is -2.44. The van der Waals surface area contributed by atoms with Crippen LogP contribution in [0.3, 0.4) is 0 Å². The SMILES string of the molecule is CCN1CCN(S(=O)(=O)c2ccc(-c3ccc(NC(C)=O)cc3)cc2)C(C)(C)C1=O. The lowest BCUT2D eigenvalue weighted by Crippen LogP contribution is -2.64. The second-order valence-electron chi connectivity index (χ2n) is 7.80. The molecule has 0 radical (unpaired) electrons. The van der Waals surface area contributed by atoms with Gasteiger partial charge in [-0.2, -0.15) is 4.31 Å². The van der Waals surface area contributed by atoms with Gasteiger partial charge in [-0.1, -0.05) is 24.3 Å². The van der Waals surface area contributed by atoms with E-state index in [1.807, 2.05) is 19.1 Å². The molecule has 7 nitrogen and oxygen atoms in total. The number of sulfonamides is 1. The summed E-state index contributed by atoms with van der Waals surface area (Å²) in [4.78, 5) is 25.7. The number of amides is 2. The molecule has 160 valence electrons. The third kappa shape index (κ3) is 4.11. The summed E-state index contributed by atoms with van der Waals surface area (Å²) < 4.78 is 27.8. The molecule has 0 atom stereocenters. The first-order valence-corrected chi connectivity index (χ1v) is 11.3. The van der Waals surface area contributed by atoms with Gasteiger partial charge in [0, 0.05) is 32.2 Å². The minimum Gasteiger partial charge on any atom is -0.340 e. The molecule has 2 aromatic rings. The van der Waals surface area contributed by atoms with Crippen LogP contribution in [0, 0.1) is 0 Å². The maximum atomic E-state index is 13.3. The summed E-state index contributed by atoms with van der Waals surface area (Å²) in [7, 11) is -3.82. The zero-order valence-corrected chi connectivity index (χ0v) is 18.5. The second kappa shape index (κ2) is 8.20. The van der Waals surface area contributed by atoms with Gasteiger partial charge in [0.1, 0.15) is 5.54 Å². The number of anilines is 1. The van der Waals surface area contributed by atoms with Crippen molar-refractivity contribution in [2.75, 3.05) is 25.0 Å². The van der Waals surface area contributed by atoms with Gasteiger partial charge in [0.15, 0.2) is 0 Å². The van der Waals surface area contributed by atoms with Gasteiger partial charge >= 0.3 is 0 Å². The number of rotatable bonds is 5. The average molecular weight is 430 g/mol. The summed E-state index contributed by atoms with van der Waals surface area (Å²) in [6.07, 6.45) is 0. The Hall–Kier alpha value is -2.71. The summed E-state index contributed by atoms with van der Waals surface area (Å²) >= 11 is 0. The molecule has 3 rings (SSSR count). The normalized spacial score (nSPS) is 17.1. The zero-order valence-electron chi connectivity index (χ0n) is 17.7. The Labute approximate surface area is 177 Å². The highest BCUT2D eigenvalue weighted by atomic mass is 32.2. The van der Waals surface area contributed by atoms with Gasteiger partial charge in [-0.25, -0.2) is 8.42 Å². The molecule has 1 N–H and O–H groups in total. The van der Waals surface area contributed by atoms with Crippen LogP contribution in [0.25, 0.3) is 11.1 Å². The van der Waals surface area contributed by atoms with Gasteiger partial charge in [0.05, 0.1) is 4.90 Å². The predicted octanol–water partition coefficient (Wildman–Crippen LogP) is 2.94. The number of nitrogens with one attached hydrogen (secondary N) is 1. The number of likely N-dealkylation sites (N-methyl/N-ethyl adjacent to an activating group) is 1. The van der Waals surface area contributed by atoms with Crippen LogP contribution in [-0.2, 0) is 19.6 Å². The first-order chi connectivity index (χ1) is 14.1. The van der Waals surface area contributed by atoms with Crippen molar-refractivity contribution in [1.82, 2.24) is 9.21 Å². The minimum absolute atomic E-state index is 0.140. The molecule has 2 aromatic carbocycles. The Morgan fingerprint density at radius 1 is 1.00 bits per heavy atom. The molecule has 0 bridgehead atoms. The number of carbonyl (C=O) groups excluding carboxylic acids is 2. The number of nitrogens with zero attached hydrogens (tertiary/aromatic N) is 2. The van der Waals surface area contributed by atoms with Crippen molar-refractivity contribution in [1.29, 1.82) is 0 Å². The highest BCUT2D eigenvalue weighted by molar-refractivity contribution is 7.89. The Morgan fingerprint density at radius 3 is 2.03 bits per heavy atom. The fraction of sp³-hybridized carbons (Fsp3) is 0.364. The first-order valence-electron chi connectivity index (χ1n) is 9.87. The van der Waals surface area contributed by atoms with Crippen LogP contribution in [-0.4, -0.2) is 54.6 Å². The monoisotopic (exact) mass is 429 g/mol. The van der Waals surface area contributed by atoms with Gasteiger partial charge < -0.3 is 10.2 Å². The summed E-state index contributed by atoms with van der Waals surface area (Å²) in [6, 6.07) is 13.9. The fourth-order valence-corrected chi connectivity index (χ4v) is 5.44. The van der Waals surface area contributed by atoms with Crippen LogP contribution in [0.15, 0.2) is 53.4 Å². The summed E-state index contributed by atoms with van der Waals surface area (Å²) in [6.45, 7) is 7.85. The van der Waals surface area contributed by atoms with Crippen molar-refractivity contribution in [2.45, 2.75) is 38.1 Å². The Balaban J connectivity index is 1.85. The Kier molecular flexibility index (Phi) is 6.01. The third-order valence-corrected chi connectivity index (χ3v) is 7.46. The van der Waals surface area contributed by atoms with Crippen LogP contribution in [0.4, 0.5) is 5.69 Å². The molecule has 8 heteroatoms. The number of carbonyl (C=O) groups is 2. The number of hydrogen-bond donors (Lipinski definition) is 1. The molecule has 2 amide bonds. The Bertz CT molecular complexity index is 1040. The van der Waals surface area contributed by atoms with E-state index in [0.29, 0.717) is 18.8 Å². The fourth-order valence-electron chi connectivity index (χ4n) is 3.70. The van der Waals surface area contributed by atoms with Crippen LogP contribution < -0.4 is 5.32 Å². The maximum Gasteiger partial charge on any atom is 0.244 e. The molecule has 1 heterocycles. The summed E-state index contributed by atoms with van der Waals surface area (Å²) in [5.41, 5.74) is 1.32. The molecule has 0 aliphatic carbocycles. The van der Waals surface area contributed by atoms with Crippen LogP contribution in [0.1, 0.15) is 27.7 Å². The van der Waals surface area contributed by atoms with Crippen molar-refractivity contribution >= 4 is 27.5 Å². The topological polar surface area (TPSA) is 86.8 Å². The lowest BCUT2D eigenvalue weighted by molar-refractivity contribution is -0.144. The number of piperazine rings is 1. The molecule has 1 aliphatic heterocycles. The van der Waals surface area contributed by atoms with E-state index < -0.39 is 15.6 Å². The first kappa shape index (κ1) is 22.0. The number of hydrogen-bond acceptors (Lipinski definition) is 4. The van der Waals surface area contributed by atoms with Crippen molar-refractivity contribution in [3.63, 3.8) is 0 Å². The molecule has 30 heavy (non-hydrogen) atoms. The molecule has 0 aromatic heterocycles. The zero-order chi connectivity index (χ0) is 22.1. The van der Waals surface area contributed by atoms with E-state index in [1.165, 1.54) is 11.2 Å². The molecule has 0 unspecified atom stereocenters. The van der Waals surface area contributed by atoms with Crippen molar-refractivity contribution < 1.29 is 18.0 Å². The van der Waals surface area contributed by atoms with E-state index in [9.17, 15) is 18.0 Å². The average Bonchev–Trinajstić information content (AvgIpc) is 2.70. The van der Waals surface area contributed by atoms with Crippen LogP contribution >= 0.6 is 0 Å². The lowest BCUT2D eigenvalue weighted by atomic mass is 10.0.